The van der Waals surface area contributed by atoms with Crippen LogP contribution >= 0.6 is 0 Å². The van der Waals surface area contributed by atoms with Gasteiger partial charge < -0.3 is 5.73 Å². The fourth-order valence-corrected chi connectivity index (χ4v) is 3.63. The van der Waals surface area contributed by atoms with Gasteiger partial charge in [-0.25, -0.2) is 9.36 Å². The first-order chi connectivity index (χ1) is 13.3. The molecule has 0 saturated heterocycles. The van der Waals surface area contributed by atoms with Crippen molar-refractivity contribution >= 4 is 22.8 Å². The summed E-state index contributed by atoms with van der Waals surface area (Å²) in [5, 5.41) is 0. The maximum atomic E-state index is 13.0. The predicted molar refractivity (Wildman–Crippen MR) is 105 cm³/mol. The van der Waals surface area contributed by atoms with E-state index in [9.17, 15) is 14.4 Å². The maximum Gasteiger partial charge on any atom is 0.332 e. The fourth-order valence-electron chi connectivity index (χ4n) is 3.63. The number of hydrogen-bond donors (Lipinski definition) is 1. The minimum Gasteiger partial charge on any atom is -0.368 e. The molecule has 0 bridgehead atoms. The molecule has 0 radical (unpaired) electrons. The van der Waals surface area contributed by atoms with Crippen molar-refractivity contribution in [1.29, 1.82) is 0 Å². The number of aryl methyl sites for hydroxylation is 3. The standard InChI is InChI=1S/C19H20N6O3/c1-4-12-7-5-6-8-13(12)25-11(2)9-23-15-16(21-18(23)25)22(3)19(28)24(17(15)27)10-14(20)26/h5-9H,4,10H2,1-3H3,(H2,20,26). The number of carbonyl (C=O) groups excluding carboxylic acids is 1. The number of nitrogens with two attached hydrogens (primary N) is 1. The molecule has 1 aromatic carbocycles. The molecule has 3 heterocycles. The number of nitrogens with zero attached hydrogens (tertiary/aromatic N) is 5. The van der Waals surface area contributed by atoms with Crippen LogP contribution in [-0.2, 0) is 24.8 Å². The number of fused-ring (bicyclic) bond motifs is 3. The van der Waals surface area contributed by atoms with E-state index in [1.165, 1.54) is 11.6 Å². The Morgan fingerprint density at radius 3 is 2.61 bits per heavy atom. The van der Waals surface area contributed by atoms with E-state index in [2.05, 4.69) is 11.9 Å². The molecule has 0 saturated carbocycles. The van der Waals surface area contributed by atoms with E-state index in [0.29, 0.717) is 5.78 Å². The lowest BCUT2D eigenvalue weighted by Gasteiger charge is -2.10. The summed E-state index contributed by atoms with van der Waals surface area (Å²) >= 11 is 0. The molecule has 0 spiro atoms. The zero-order chi connectivity index (χ0) is 20.2. The molecule has 4 aromatic rings. The summed E-state index contributed by atoms with van der Waals surface area (Å²) in [5.41, 5.74) is 7.46. The molecule has 0 unspecified atom stereocenters. The van der Waals surface area contributed by atoms with E-state index in [-0.39, 0.29) is 11.2 Å². The topological polar surface area (TPSA) is 109 Å². The van der Waals surface area contributed by atoms with Crippen LogP contribution in [0.1, 0.15) is 18.2 Å². The minimum absolute atomic E-state index is 0.231. The quantitative estimate of drug-likeness (QED) is 0.556. The van der Waals surface area contributed by atoms with Crippen LogP contribution < -0.4 is 17.0 Å². The molecule has 9 heteroatoms. The van der Waals surface area contributed by atoms with E-state index in [1.54, 1.807) is 10.6 Å². The number of primary amides is 1. The monoisotopic (exact) mass is 380 g/mol. The predicted octanol–water partition coefficient (Wildman–Crippen LogP) is 0.495. The Balaban J connectivity index is 2.14. The number of benzene rings is 1. The molecule has 144 valence electrons. The van der Waals surface area contributed by atoms with Gasteiger partial charge in [-0.2, -0.15) is 4.98 Å². The van der Waals surface area contributed by atoms with Gasteiger partial charge in [-0.1, -0.05) is 25.1 Å². The highest BCUT2D eigenvalue weighted by Crippen LogP contribution is 2.23. The van der Waals surface area contributed by atoms with Crippen LogP contribution in [0.5, 0.6) is 0 Å². The van der Waals surface area contributed by atoms with Gasteiger partial charge in [0, 0.05) is 18.9 Å². The van der Waals surface area contributed by atoms with Crippen molar-refractivity contribution in [3.05, 3.63) is 62.6 Å². The lowest BCUT2D eigenvalue weighted by Crippen LogP contribution is -2.42. The largest absolute Gasteiger partial charge is 0.368 e. The molecular weight excluding hydrogens is 360 g/mol. The number of para-hydroxylation sites is 1. The van der Waals surface area contributed by atoms with Crippen LogP contribution in [-0.4, -0.2) is 29.0 Å². The summed E-state index contributed by atoms with van der Waals surface area (Å²) in [4.78, 5) is 41.4. The zero-order valence-electron chi connectivity index (χ0n) is 15.8. The maximum absolute atomic E-state index is 13.0. The third-order valence-electron chi connectivity index (χ3n) is 4.95. The first kappa shape index (κ1) is 17.8. The number of aromatic nitrogens is 5. The third-order valence-corrected chi connectivity index (χ3v) is 4.95. The van der Waals surface area contributed by atoms with E-state index in [1.807, 2.05) is 35.8 Å². The van der Waals surface area contributed by atoms with Gasteiger partial charge in [0.2, 0.25) is 11.7 Å². The van der Waals surface area contributed by atoms with Gasteiger partial charge in [0.25, 0.3) is 5.56 Å². The van der Waals surface area contributed by atoms with Crippen molar-refractivity contribution in [2.75, 3.05) is 0 Å². The van der Waals surface area contributed by atoms with E-state index < -0.39 is 23.7 Å². The van der Waals surface area contributed by atoms with Gasteiger partial charge in [-0.05, 0) is 25.0 Å². The molecule has 0 fully saturated rings. The molecule has 1 amide bonds. The van der Waals surface area contributed by atoms with Crippen molar-refractivity contribution in [3.8, 4) is 5.69 Å². The highest BCUT2D eigenvalue weighted by molar-refractivity contribution is 5.78. The van der Waals surface area contributed by atoms with E-state index >= 15 is 0 Å². The second-order valence-corrected chi connectivity index (χ2v) is 6.74. The Morgan fingerprint density at radius 1 is 1.21 bits per heavy atom. The van der Waals surface area contributed by atoms with Gasteiger partial charge in [0.15, 0.2) is 11.2 Å². The van der Waals surface area contributed by atoms with Gasteiger partial charge in [0.05, 0.1) is 5.69 Å². The van der Waals surface area contributed by atoms with Crippen LogP contribution in [0.15, 0.2) is 40.1 Å². The number of amides is 1. The van der Waals surface area contributed by atoms with E-state index in [4.69, 9.17) is 5.73 Å². The minimum atomic E-state index is -0.759. The molecule has 2 N–H and O–H groups in total. The van der Waals surface area contributed by atoms with Crippen LogP contribution in [0.4, 0.5) is 0 Å². The summed E-state index contributed by atoms with van der Waals surface area (Å²) in [6.07, 6.45) is 2.64. The van der Waals surface area contributed by atoms with Crippen LogP contribution in [0.2, 0.25) is 0 Å². The lowest BCUT2D eigenvalue weighted by atomic mass is 10.1. The Kier molecular flexibility index (Phi) is 3.95. The molecule has 4 rings (SSSR count). The Hall–Kier alpha value is -3.62. The normalized spacial score (nSPS) is 11.5. The molecule has 0 aliphatic heterocycles. The number of hydrogen-bond acceptors (Lipinski definition) is 4. The van der Waals surface area contributed by atoms with Gasteiger partial charge >= 0.3 is 5.69 Å². The summed E-state index contributed by atoms with van der Waals surface area (Å²) in [5.74, 6) is -0.234. The number of carbonyl (C=O) groups is 1. The van der Waals surface area contributed by atoms with E-state index in [0.717, 1.165) is 27.9 Å². The van der Waals surface area contributed by atoms with Crippen molar-refractivity contribution in [3.63, 3.8) is 0 Å². The SMILES string of the molecule is CCc1ccccc1-n1c(C)cn2c3c(=O)n(CC(N)=O)c(=O)n(C)c3nc12. The second kappa shape index (κ2) is 6.22. The summed E-state index contributed by atoms with van der Waals surface area (Å²) in [6, 6.07) is 7.97. The Labute approximate surface area is 159 Å². The zero-order valence-corrected chi connectivity index (χ0v) is 15.8. The number of imidazole rings is 2. The average molecular weight is 380 g/mol. The molecule has 9 nitrogen and oxygen atoms in total. The third kappa shape index (κ3) is 2.39. The second-order valence-electron chi connectivity index (χ2n) is 6.74. The molecule has 3 aromatic heterocycles. The summed E-state index contributed by atoms with van der Waals surface area (Å²) in [7, 11) is 1.52. The lowest BCUT2D eigenvalue weighted by molar-refractivity contribution is -0.118. The van der Waals surface area contributed by atoms with Crippen molar-refractivity contribution in [2.45, 2.75) is 26.8 Å². The van der Waals surface area contributed by atoms with Crippen LogP contribution in [0, 0.1) is 6.92 Å². The van der Waals surface area contributed by atoms with Gasteiger partial charge in [0.1, 0.15) is 6.54 Å². The molecule has 0 aliphatic rings. The van der Waals surface area contributed by atoms with Crippen molar-refractivity contribution in [1.82, 2.24) is 23.1 Å². The van der Waals surface area contributed by atoms with Crippen LogP contribution in [0.3, 0.4) is 0 Å². The van der Waals surface area contributed by atoms with Crippen LogP contribution in [0.25, 0.3) is 22.6 Å². The highest BCUT2D eigenvalue weighted by Gasteiger charge is 2.21. The first-order valence-electron chi connectivity index (χ1n) is 8.91. The Morgan fingerprint density at radius 2 is 1.93 bits per heavy atom. The van der Waals surface area contributed by atoms with Gasteiger partial charge in [-0.3, -0.25) is 23.1 Å². The average Bonchev–Trinajstić information content (AvgIpc) is 3.17. The molecule has 28 heavy (non-hydrogen) atoms. The van der Waals surface area contributed by atoms with Crippen molar-refractivity contribution in [2.24, 2.45) is 12.8 Å². The van der Waals surface area contributed by atoms with Crippen molar-refractivity contribution < 1.29 is 4.79 Å². The molecule has 0 aliphatic carbocycles. The number of rotatable bonds is 4. The Bertz CT molecular complexity index is 1370. The highest BCUT2D eigenvalue weighted by atomic mass is 16.2. The van der Waals surface area contributed by atoms with Gasteiger partial charge in [-0.15, -0.1) is 0 Å². The summed E-state index contributed by atoms with van der Waals surface area (Å²) < 4.78 is 5.72. The first-order valence-corrected chi connectivity index (χ1v) is 8.91. The fraction of sp³-hybridized carbons (Fsp3) is 0.263. The summed E-state index contributed by atoms with van der Waals surface area (Å²) in [6.45, 7) is 3.52. The molecule has 0 atom stereocenters. The smallest absolute Gasteiger partial charge is 0.332 e. The molecular formula is C19H20N6O3.